The van der Waals surface area contributed by atoms with Gasteiger partial charge in [-0.25, -0.2) is 4.98 Å². The molecule has 0 fully saturated rings. The van der Waals surface area contributed by atoms with Gasteiger partial charge in [0.2, 0.25) is 5.89 Å². The molecular weight excluding hydrogens is 348 g/mol. The molecule has 130 valence electrons. The van der Waals surface area contributed by atoms with Crippen LogP contribution in [0.15, 0.2) is 76.7 Å². The maximum Gasteiger partial charge on any atom is 0.205 e. The minimum Gasteiger partial charge on any atom is -0.497 e. The molecule has 0 spiro atoms. The molecule has 0 bridgehead atoms. The Bertz CT molecular complexity index is 997. The van der Waals surface area contributed by atoms with Crippen LogP contribution < -0.4 is 4.74 Å². The van der Waals surface area contributed by atoms with Crippen molar-refractivity contribution in [2.75, 3.05) is 7.11 Å². The summed E-state index contributed by atoms with van der Waals surface area (Å²) in [6.07, 6.45) is 3.43. The number of aromatic nitrogens is 4. The van der Waals surface area contributed by atoms with Gasteiger partial charge in [0.25, 0.3) is 0 Å². The summed E-state index contributed by atoms with van der Waals surface area (Å²) in [6.45, 7) is 0. The molecule has 0 unspecified atom stereocenters. The maximum atomic E-state index is 5.84. The summed E-state index contributed by atoms with van der Waals surface area (Å²) in [5, 5.41) is 8.97. The molecule has 4 aromatic rings. The zero-order valence-electron chi connectivity index (χ0n) is 14.1. The highest BCUT2D eigenvalue weighted by Crippen LogP contribution is 2.27. The van der Waals surface area contributed by atoms with Gasteiger partial charge in [0.1, 0.15) is 12.1 Å². The van der Waals surface area contributed by atoms with Crippen molar-refractivity contribution in [3.63, 3.8) is 0 Å². The van der Waals surface area contributed by atoms with Gasteiger partial charge in [-0.3, -0.25) is 4.57 Å². The zero-order chi connectivity index (χ0) is 17.8. The second-order valence-electron chi connectivity index (χ2n) is 5.46. The molecule has 0 radical (unpaired) electrons. The Labute approximate surface area is 154 Å². The number of nitrogens with zero attached hydrogens (tertiary/aromatic N) is 4. The van der Waals surface area contributed by atoms with E-state index in [2.05, 4.69) is 15.2 Å². The first-order valence-corrected chi connectivity index (χ1v) is 8.99. The Hall–Kier alpha value is -3.06. The molecule has 2 heterocycles. The number of oxazole rings is 1. The van der Waals surface area contributed by atoms with Crippen molar-refractivity contribution < 1.29 is 9.15 Å². The SMILES string of the molecule is COc1cccc(-n2cnnc2SCc2ncc(-c3ccccc3)o2)c1. The highest BCUT2D eigenvalue weighted by Gasteiger charge is 2.11. The molecule has 4 rings (SSSR count). The van der Waals surface area contributed by atoms with E-state index in [-0.39, 0.29) is 0 Å². The van der Waals surface area contributed by atoms with Crippen molar-refractivity contribution in [1.82, 2.24) is 19.7 Å². The fourth-order valence-corrected chi connectivity index (χ4v) is 3.28. The van der Waals surface area contributed by atoms with E-state index in [0.717, 1.165) is 27.9 Å². The number of hydrogen-bond acceptors (Lipinski definition) is 6. The van der Waals surface area contributed by atoms with Gasteiger partial charge < -0.3 is 9.15 Å². The van der Waals surface area contributed by atoms with Crippen LogP contribution in [-0.2, 0) is 5.75 Å². The Kier molecular flexibility index (Phi) is 4.70. The lowest BCUT2D eigenvalue weighted by Gasteiger charge is -2.07. The minimum absolute atomic E-state index is 0.565. The average Bonchev–Trinajstić information content (AvgIpc) is 3.36. The van der Waals surface area contributed by atoms with Gasteiger partial charge in [0.15, 0.2) is 10.9 Å². The van der Waals surface area contributed by atoms with E-state index in [1.807, 2.05) is 59.2 Å². The van der Waals surface area contributed by atoms with E-state index in [1.54, 1.807) is 19.6 Å². The van der Waals surface area contributed by atoms with Crippen LogP contribution in [0.5, 0.6) is 5.75 Å². The largest absolute Gasteiger partial charge is 0.497 e. The predicted octanol–water partition coefficient (Wildman–Crippen LogP) is 4.22. The predicted molar refractivity (Wildman–Crippen MR) is 99.4 cm³/mol. The molecule has 0 aliphatic rings. The summed E-state index contributed by atoms with van der Waals surface area (Å²) >= 11 is 1.52. The van der Waals surface area contributed by atoms with Crippen LogP contribution in [0.25, 0.3) is 17.0 Å². The molecule has 0 aliphatic heterocycles. The van der Waals surface area contributed by atoms with Crippen molar-refractivity contribution in [2.24, 2.45) is 0 Å². The molecule has 0 amide bonds. The quantitative estimate of drug-likeness (QED) is 0.477. The molecule has 0 aliphatic carbocycles. The second-order valence-corrected chi connectivity index (χ2v) is 6.40. The summed E-state index contributed by atoms with van der Waals surface area (Å²) in [5.41, 5.74) is 1.95. The second kappa shape index (κ2) is 7.45. The average molecular weight is 364 g/mol. The van der Waals surface area contributed by atoms with E-state index in [4.69, 9.17) is 9.15 Å². The summed E-state index contributed by atoms with van der Waals surface area (Å²) < 4.78 is 13.0. The van der Waals surface area contributed by atoms with E-state index >= 15 is 0 Å². The summed E-state index contributed by atoms with van der Waals surface area (Å²) in [4.78, 5) is 4.36. The highest BCUT2D eigenvalue weighted by molar-refractivity contribution is 7.98. The Balaban J connectivity index is 1.49. The fraction of sp³-hybridized carbons (Fsp3) is 0.105. The summed E-state index contributed by atoms with van der Waals surface area (Å²) in [5.74, 6) is 2.76. The molecule has 7 heteroatoms. The van der Waals surface area contributed by atoms with E-state index < -0.39 is 0 Å². The minimum atomic E-state index is 0.565. The number of ether oxygens (including phenoxy) is 1. The van der Waals surface area contributed by atoms with Crippen LogP contribution in [-0.4, -0.2) is 26.9 Å². The maximum absolute atomic E-state index is 5.84. The van der Waals surface area contributed by atoms with Crippen molar-refractivity contribution in [3.05, 3.63) is 73.0 Å². The van der Waals surface area contributed by atoms with Crippen molar-refractivity contribution in [1.29, 1.82) is 0 Å². The summed E-state index contributed by atoms with van der Waals surface area (Å²) in [6, 6.07) is 17.7. The molecule has 0 saturated heterocycles. The van der Waals surface area contributed by atoms with Gasteiger partial charge >= 0.3 is 0 Å². The van der Waals surface area contributed by atoms with Crippen LogP contribution in [0, 0.1) is 0 Å². The van der Waals surface area contributed by atoms with Crippen molar-refractivity contribution in [3.8, 4) is 22.8 Å². The lowest BCUT2D eigenvalue weighted by molar-refractivity contribution is 0.414. The van der Waals surface area contributed by atoms with Crippen molar-refractivity contribution in [2.45, 2.75) is 10.9 Å². The molecule has 2 aromatic heterocycles. The van der Waals surface area contributed by atoms with E-state index in [9.17, 15) is 0 Å². The molecule has 0 saturated carbocycles. The molecule has 26 heavy (non-hydrogen) atoms. The van der Waals surface area contributed by atoms with Gasteiger partial charge in [-0.2, -0.15) is 0 Å². The molecule has 2 aromatic carbocycles. The first-order chi connectivity index (χ1) is 12.8. The summed E-state index contributed by atoms with van der Waals surface area (Å²) in [7, 11) is 1.65. The lowest BCUT2D eigenvalue weighted by atomic mass is 10.2. The van der Waals surface area contributed by atoms with Gasteiger partial charge in [-0.15, -0.1) is 10.2 Å². The molecule has 0 N–H and O–H groups in total. The fourth-order valence-electron chi connectivity index (χ4n) is 2.50. The molecule has 6 nitrogen and oxygen atoms in total. The van der Waals surface area contributed by atoms with Gasteiger partial charge in [-0.1, -0.05) is 48.2 Å². The third-order valence-electron chi connectivity index (χ3n) is 3.78. The molecular formula is C19H16N4O2S. The Morgan fingerprint density at radius 1 is 1.12 bits per heavy atom. The Morgan fingerprint density at radius 3 is 2.85 bits per heavy atom. The number of methoxy groups -OCH3 is 1. The van der Waals surface area contributed by atoms with Crippen LogP contribution in [0.1, 0.15) is 5.89 Å². The van der Waals surface area contributed by atoms with Gasteiger partial charge in [0, 0.05) is 11.6 Å². The van der Waals surface area contributed by atoms with Crippen LogP contribution >= 0.6 is 11.8 Å². The topological polar surface area (TPSA) is 66.0 Å². The number of benzene rings is 2. The number of thioether (sulfide) groups is 1. The highest BCUT2D eigenvalue weighted by atomic mass is 32.2. The standard InChI is InChI=1S/C19H16N4O2S/c1-24-16-9-5-8-15(10-16)23-13-21-22-19(23)26-12-18-20-11-17(25-18)14-6-3-2-4-7-14/h2-11,13H,12H2,1H3. The monoisotopic (exact) mass is 364 g/mol. The third-order valence-corrected chi connectivity index (χ3v) is 4.71. The van der Waals surface area contributed by atoms with Gasteiger partial charge in [-0.05, 0) is 12.1 Å². The molecule has 0 atom stereocenters. The van der Waals surface area contributed by atoms with E-state index in [0.29, 0.717) is 11.6 Å². The van der Waals surface area contributed by atoms with Crippen LogP contribution in [0.4, 0.5) is 0 Å². The zero-order valence-corrected chi connectivity index (χ0v) is 14.9. The van der Waals surface area contributed by atoms with Crippen LogP contribution in [0.3, 0.4) is 0 Å². The van der Waals surface area contributed by atoms with E-state index in [1.165, 1.54) is 11.8 Å². The van der Waals surface area contributed by atoms with Crippen LogP contribution in [0.2, 0.25) is 0 Å². The van der Waals surface area contributed by atoms with Crippen molar-refractivity contribution >= 4 is 11.8 Å². The third kappa shape index (κ3) is 3.48. The Morgan fingerprint density at radius 2 is 2.00 bits per heavy atom. The smallest absolute Gasteiger partial charge is 0.205 e. The normalized spacial score (nSPS) is 10.8. The lowest BCUT2D eigenvalue weighted by Crippen LogP contribution is -1.96. The number of hydrogen-bond donors (Lipinski definition) is 0. The van der Waals surface area contributed by atoms with Gasteiger partial charge in [0.05, 0.1) is 24.7 Å². The number of rotatable bonds is 6. The first-order valence-electron chi connectivity index (χ1n) is 8.01. The first kappa shape index (κ1) is 16.4.